The van der Waals surface area contributed by atoms with Crippen LogP contribution in [0.25, 0.3) is 11.3 Å². The molecule has 0 unspecified atom stereocenters. The number of aromatic nitrogens is 2. The number of rotatable bonds is 8. The lowest BCUT2D eigenvalue weighted by Crippen LogP contribution is -2.24. The predicted octanol–water partition coefficient (Wildman–Crippen LogP) is 3.57. The quantitative estimate of drug-likeness (QED) is 0.588. The summed E-state index contributed by atoms with van der Waals surface area (Å²) in [5.74, 6) is 1.72. The van der Waals surface area contributed by atoms with Crippen molar-refractivity contribution < 1.29 is 14.3 Å². The van der Waals surface area contributed by atoms with Crippen LogP contribution in [0, 0.1) is 0 Å². The summed E-state index contributed by atoms with van der Waals surface area (Å²) in [7, 11) is 3.24. The van der Waals surface area contributed by atoms with E-state index in [0.29, 0.717) is 11.6 Å². The summed E-state index contributed by atoms with van der Waals surface area (Å²) in [4.78, 5) is 12.1. The Labute approximate surface area is 168 Å². The van der Waals surface area contributed by atoms with Gasteiger partial charge in [-0.1, -0.05) is 42.1 Å². The Balaban J connectivity index is 1.52. The number of benzene rings is 2. The molecule has 0 aliphatic rings. The molecule has 0 bridgehead atoms. The van der Waals surface area contributed by atoms with Gasteiger partial charge >= 0.3 is 0 Å². The highest BCUT2D eigenvalue weighted by atomic mass is 32.2. The topological polar surface area (TPSA) is 73.3 Å². The molecular weight excluding hydrogens is 374 g/mol. The maximum atomic E-state index is 12.1. The summed E-state index contributed by atoms with van der Waals surface area (Å²) >= 11 is 1.34. The predicted molar refractivity (Wildman–Crippen MR) is 110 cm³/mol. The molecule has 0 aliphatic heterocycles. The monoisotopic (exact) mass is 395 g/mol. The maximum absolute atomic E-state index is 12.1. The molecule has 3 aromatic rings. The molecule has 0 spiro atoms. The Morgan fingerprint density at radius 3 is 2.61 bits per heavy atom. The first-order chi connectivity index (χ1) is 13.7. The van der Waals surface area contributed by atoms with Gasteiger partial charge in [0.25, 0.3) is 0 Å². The van der Waals surface area contributed by atoms with E-state index in [-0.39, 0.29) is 11.7 Å². The lowest BCUT2D eigenvalue weighted by atomic mass is 10.1. The molecule has 0 radical (unpaired) electrons. The first kappa shape index (κ1) is 19.7. The molecule has 144 valence electrons. The van der Waals surface area contributed by atoms with Crippen LogP contribution in [0.15, 0.2) is 65.7 Å². The van der Waals surface area contributed by atoms with Crippen molar-refractivity contribution in [1.29, 1.82) is 0 Å². The van der Waals surface area contributed by atoms with Gasteiger partial charge in [0.1, 0.15) is 16.5 Å². The van der Waals surface area contributed by atoms with Gasteiger partial charge < -0.3 is 14.8 Å². The Hall–Kier alpha value is -3.06. The van der Waals surface area contributed by atoms with Gasteiger partial charge in [-0.25, -0.2) is 0 Å². The van der Waals surface area contributed by atoms with E-state index in [1.807, 2.05) is 60.7 Å². The molecule has 1 N–H and O–H groups in total. The molecule has 7 heteroatoms. The van der Waals surface area contributed by atoms with E-state index in [9.17, 15) is 4.79 Å². The zero-order chi connectivity index (χ0) is 19.8. The number of hydrogen-bond acceptors (Lipinski definition) is 6. The number of thioether (sulfide) groups is 1. The third-order valence-electron chi connectivity index (χ3n) is 4.03. The fraction of sp³-hybridized carbons (Fsp3) is 0.190. The average molecular weight is 395 g/mol. The Kier molecular flexibility index (Phi) is 6.86. The molecule has 0 atom stereocenters. The second-order valence-corrected chi connectivity index (χ2v) is 6.86. The number of carbonyl (C=O) groups is 1. The molecule has 1 aromatic heterocycles. The minimum atomic E-state index is -0.0745. The third-order valence-corrected chi connectivity index (χ3v) is 4.95. The van der Waals surface area contributed by atoms with Crippen molar-refractivity contribution in [2.75, 3.05) is 20.0 Å². The lowest BCUT2D eigenvalue weighted by Gasteiger charge is -2.09. The van der Waals surface area contributed by atoms with Crippen LogP contribution in [0.1, 0.15) is 5.56 Å². The highest BCUT2D eigenvalue weighted by Crippen LogP contribution is 2.23. The van der Waals surface area contributed by atoms with Gasteiger partial charge in [-0.05, 0) is 30.3 Å². The summed E-state index contributed by atoms with van der Waals surface area (Å²) in [5, 5.41) is 12.0. The second kappa shape index (κ2) is 9.75. The Morgan fingerprint density at radius 1 is 1.00 bits per heavy atom. The SMILES string of the molecule is COc1cccc(-c2ccc(SCC(=O)NCc3ccccc3OC)nn2)c1. The van der Waals surface area contributed by atoms with Crippen LogP contribution in [0.3, 0.4) is 0 Å². The van der Waals surface area contributed by atoms with E-state index >= 15 is 0 Å². The molecule has 0 saturated heterocycles. The van der Waals surface area contributed by atoms with Crippen molar-refractivity contribution in [3.63, 3.8) is 0 Å². The van der Waals surface area contributed by atoms with Crippen molar-refractivity contribution in [2.45, 2.75) is 11.6 Å². The molecule has 1 amide bonds. The van der Waals surface area contributed by atoms with Gasteiger partial charge in [0, 0.05) is 17.7 Å². The first-order valence-corrected chi connectivity index (χ1v) is 9.67. The number of nitrogens with zero attached hydrogens (tertiary/aromatic N) is 2. The van der Waals surface area contributed by atoms with Crippen molar-refractivity contribution >= 4 is 17.7 Å². The molecule has 3 rings (SSSR count). The normalized spacial score (nSPS) is 10.4. The minimum Gasteiger partial charge on any atom is -0.497 e. The van der Waals surface area contributed by atoms with Gasteiger partial charge in [-0.2, -0.15) is 0 Å². The number of carbonyl (C=O) groups excluding carboxylic acids is 1. The number of hydrogen-bond donors (Lipinski definition) is 1. The van der Waals surface area contributed by atoms with Gasteiger partial charge in [-0.3, -0.25) is 4.79 Å². The number of methoxy groups -OCH3 is 2. The molecule has 0 saturated carbocycles. The van der Waals surface area contributed by atoms with Crippen LogP contribution >= 0.6 is 11.8 Å². The van der Waals surface area contributed by atoms with Gasteiger partial charge in [-0.15, -0.1) is 10.2 Å². The molecule has 2 aromatic carbocycles. The average Bonchev–Trinajstić information content (AvgIpc) is 2.76. The fourth-order valence-electron chi connectivity index (χ4n) is 2.57. The number of nitrogens with one attached hydrogen (secondary N) is 1. The van der Waals surface area contributed by atoms with Crippen LogP contribution in [-0.4, -0.2) is 36.1 Å². The highest BCUT2D eigenvalue weighted by molar-refractivity contribution is 7.99. The van der Waals surface area contributed by atoms with Crippen LogP contribution in [-0.2, 0) is 11.3 Å². The maximum Gasteiger partial charge on any atom is 0.230 e. The minimum absolute atomic E-state index is 0.0745. The summed E-state index contributed by atoms with van der Waals surface area (Å²) in [6, 6.07) is 19.0. The van der Waals surface area contributed by atoms with Crippen molar-refractivity contribution in [3.8, 4) is 22.8 Å². The van der Waals surface area contributed by atoms with Crippen molar-refractivity contribution in [2.24, 2.45) is 0 Å². The highest BCUT2D eigenvalue weighted by Gasteiger charge is 2.08. The molecule has 0 fully saturated rings. The fourth-order valence-corrected chi connectivity index (χ4v) is 3.21. The Bertz CT molecular complexity index is 932. The standard InChI is InChI=1S/C21H21N3O3S/c1-26-17-8-5-7-15(12-17)18-10-11-21(24-23-18)28-14-20(25)22-13-16-6-3-4-9-19(16)27-2/h3-12H,13-14H2,1-2H3,(H,22,25). The zero-order valence-electron chi connectivity index (χ0n) is 15.7. The zero-order valence-corrected chi connectivity index (χ0v) is 16.5. The molecule has 0 aliphatic carbocycles. The number of ether oxygens (including phenoxy) is 2. The molecular formula is C21H21N3O3S. The molecule has 1 heterocycles. The van der Waals surface area contributed by atoms with Gasteiger partial charge in [0.2, 0.25) is 5.91 Å². The smallest absolute Gasteiger partial charge is 0.230 e. The van der Waals surface area contributed by atoms with Crippen molar-refractivity contribution in [3.05, 3.63) is 66.2 Å². The van der Waals surface area contributed by atoms with E-state index in [2.05, 4.69) is 15.5 Å². The van der Waals surface area contributed by atoms with Crippen LogP contribution in [0.4, 0.5) is 0 Å². The van der Waals surface area contributed by atoms with Crippen LogP contribution in [0.2, 0.25) is 0 Å². The Morgan fingerprint density at radius 2 is 1.86 bits per heavy atom. The lowest BCUT2D eigenvalue weighted by molar-refractivity contribution is -0.118. The summed E-state index contributed by atoms with van der Waals surface area (Å²) in [6.45, 7) is 0.420. The van der Waals surface area contributed by atoms with E-state index in [1.165, 1.54) is 11.8 Å². The third kappa shape index (κ3) is 5.23. The van der Waals surface area contributed by atoms with E-state index in [1.54, 1.807) is 14.2 Å². The van der Waals surface area contributed by atoms with Gasteiger partial charge in [0.05, 0.1) is 25.7 Å². The van der Waals surface area contributed by atoms with Crippen molar-refractivity contribution in [1.82, 2.24) is 15.5 Å². The summed E-state index contributed by atoms with van der Waals surface area (Å²) < 4.78 is 10.5. The van der Waals surface area contributed by atoms with Crippen LogP contribution in [0.5, 0.6) is 11.5 Å². The number of amides is 1. The largest absolute Gasteiger partial charge is 0.497 e. The molecule has 28 heavy (non-hydrogen) atoms. The van der Waals surface area contributed by atoms with Gasteiger partial charge in [0.15, 0.2) is 0 Å². The van der Waals surface area contributed by atoms with E-state index in [4.69, 9.17) is 9.47 Å². The first-order valence-electron chi connectivity index (χ1n) is 8.69. The second-order valence-electron chi connectivity index (χ2n) is 5.87. The van der Waals surface area contributed by atoms with E-state index < -0.39 is 0 Å². The summed E-state index contributed by atoms with van der Waals surface area (Å²) in [5.41, 5.74) is 2.62. The van der Waals surface area contributed by atoms with E-state index in [0.717, 1.165) is 28.3 Å². The molecule has 6 nitrogen and oxygen atoms in total. The summed E-state index contributed by atoms with van der Waals surface area (Å²) in [6.07, 6.45) is 0. The number of para-hydroxylation sites is 1. The van der Waals surface area contributed by atoms with Crippen LogP contribution < -0.4 is 14.8 Å².